The Kier molecular flexibility index (Phi) is 9.16. The number of Topliss-reactive ketones (excluding diaryl/α,β-unsaturated/α-hetero) is 1. The van der Waals surface area contributed by atoms with E-state index in [1.165, 1.54) is 4.90 Å². The standard InChI is InChI=1S/C31H33NO6/c1-3-4-20-37-24-16-14-22(15-17-24)29(33)27-28(32(18-9-19-36-2)31(35)30(27)34)23-10-8-13-26(21-23)38-25-11-6-5-7-12-25/h5-8,10-17,21,28,33H,3-4,9,18-20H2,1-2H3/b29-27+. The van der Waals surface area contributed by atoms with Crippen LogP contribution in [0.25, 0.3) is 5.76 Å². The average Bonchev–Trinajstić information content (AvgIpc) is 3.19. The summed E-state index contributed by atoms with van der Waals surface area (Å²) < 4.78 is 16.9. The summed E-state index contributed by atoms with van der Waals surface area (Å²) in [5.74, 6) is 0.309. The van der Waals surface area contributed by atoms with Gasteiger partial charge in [0.05, 0.1) is 18.2 Å². The first-order valence-electron chi connectivity index (χ1n) is 12.9. The smallest absolute Gasteiger partial charge is 0.295 e. The second kappa shape index (κ2) is 12.9. The fraction of sp³-hybridized carbons (Fsp3) is 0.290. The zero-order valence-electron chi connectivity index (χ0n) is 21.8. The largest absolute Gasteiger partial charge is 0.507 e. The third-order valence-electron chi connectivity index (χ3n) is 6.33. The van der Waals surface area contributed by atoms with Crippen molar-refractivity contribution in [1.82, 2.24) is 4.90 Å². The summed E-state index contributed by atoms with van der Waals surface area (Å²) in [7, 11) is 1.59. The number of carbonyl (C=O) groups is 2. The highest BCUT2D eigenvalue weighted by atomic mass is 16.5. The summed E-state index contributed by atoms with van der Waals surface area (Å²) >= 11 is 0. The van der Waals surface area contributed by atoms with Gasteiger partial charge in [-0.25, -0.2) is 0 Å². The van der Waals surface area contributed by atoms with Crippen molar-refractivity contribution in [3.8, 4) is 17.2 Å². The molecule has 1 fully saturated rings. The van der Waals surface area contributed by atoms with Crippen LogP contribution in [0.15, 0.2) is 84.4 Å². The molecule has 3 aromatic rings. The topological polar surface area (TPSA) is 85.3 Å². The van der Waals surface area contributed by atoms with Crippen LogP contribution in [0.4, 0.5) is 0 Å². The van der Waals surface area contributed by atoms with Crippen molar-refractivity contribution in [2.24, 2.45) is 0 Å². The Morgan fingerprint density at radius 3 is 2.32 bits per heavy atom. The van der Waals surface area contributed by atoms with Crippen LogP contribution in [0.3, 0.4) is 0 Å². The number of aliphatic hydroxyl groups is 1. The van der Waals surface area contributed by atoms with Crippen LogP contribution in [0.5, 0.6) is 17.2 Å². The molecule has 1 amide bonds. The fourth-order valence-electron chi connectivity index (χ4n) is 4.41. The van der Waals surface area contributed by atoms with Crippen LogP contribution < -0.4 is 9.47 Å². The maximum Gasteiger partial charge on any atom is 0.295 e. The number of benzene rings is 3. The van der Waals surface area contributed by atoms with Gasteiger partial charge in [-0.15, -0.1) is 0 Å². The molecule has 1 N–H and O–H groups in total. The van der Waals surface area contributed by atoms with Gasteiger partial charge in [0.25, 0.3) is 11.7 Å². The Labute approximate surface area is 223 Å². The highest BCUT2D eigenvalue weighted by molar-refractivity contribution is 6.46. The van der Waals surface area contributed by atoms with Crippen LogP contribution >= 0.6 is 0 Å². The number of para-hydroxylation sites is 1. The molecule has 7 heteroatoms. The van der Waals surface area contributed by atoms with E-state index >= 15 is 0 Å². The zero-order valence-corrected chi connectivity index (χ0v) is 21.8. The van der Waals surface area contributed by atoms with E-state index in [4.69, 9.17) is 14.2 Å². The number of hydrogen-bond acceptors (Lipinski definition) is 6. The van der Waals surface area contributed by atoms with Crippen molar-refractivity contribution < 1.29 is 28.9 Å². The van der Waals surface area contributed by atoms with E-state index in [2.05, 4.69) is 6.92 Å². The number of hydrogen-bond donors (Lipinski definition) is 1. The minimum absolute atomic E-state index is 0.0453. The first-order chi connectivity index (χ1) is 18.5. The van der Waals surface area contributed by atoms with Crippen molar-refractivity contribution in [3.05, 3.63) is 95.6 Å². The molecule has 7 nitrogen and oxygen atoms in total. The number of ketones is 1. The predicted octanol–water partition coefficient (Wildman–Crippen LogP) is 6.12. The van der Waals surface area contributed by atoms with E-state index in [1.54, 1.807) is 37.4 Å². The Hall–Kier alpha value is -4.10. The molecule has 1 aliphatic rings. The highest BCUT2D eigenvalue weighted by Crippen LogP contribution is 2.40. The highest BCUT2D eigenvalue weighted by Gasteiger charge is 2.45. The van der Waals surface area contributed by atoms with Gasteiger partial charge in [0, 0.05) is 25.8 Å². The molecule has 0 spiro atoms. The molecule has 4 rings (SSSR count). The van der Waals surface area contributed by atoms with Crippen LogP contribution in [-0.2, 0) is 14.3 Å². The molecule has 0 aromatic heterocycles. The Balaban J connectivity index is 1.71. The molecule has 0 radical (unpaired) electrons. The lowest BCUT2D eigenvalue weighted by molar-refractivity contribution is -0.140. The van der Waals surface area contributed by atoms with Gasteiger partial charge in [0.1, 0.15) is 23.0 Å². The Morgan fingerprint density at radius 2 is 1.61 bits per heavy atom. The van der Waals surface area contributed by atoms with Crippen molar-refractivity contribution in [2.45, 2.75) is 32.2 Å². The number of likely N-dealkylation sites (tertiary alicyclic amines) is 1. The number of ether oxygens (including phenoxy) is 3. The van der Waals surface area contributed by atoms with Crippen LogP contribution in [0.2, 0.25) is 0 Å². The van der Waals surface area contributed by atoms with E-state index in [0.717, 1.165) is 12.8 Å². The van der Waals surface area contributed by atoms with Gasteiger partial charge >= 0.3 is 0 Å². The molecule has 198 valence electrons. The van der Waals surface area contributed by atoms with Crippen LogP contribution in [0.1, 0.15) is 43.4 Å². The van der Waals surface area contributed by atoms with E-state index in [0.29, 0.717) is 54.6 Å². The van der Waals surface area contributed by atoms with E-state index in [9.17, 15) is 14.7 Å². The summed E-state index contributed by atoms with van der Waals surface area (Å²) in [6.45, 7) is 3.44. The van der Waals surface area contributed by atoms with Crippen molar-refractivity contribution >= 4 is 17.4 Å². The maximum atomic E-state index is 13.3. The second-order valence-electron chi connectivity index (χ2n) is 9.05. The van der Waals surface area contributed by atoms with Gasteiger partial charge in [-0.3, -0.25) is 9.59 Å². The van der Waals surface area contributed by atoms with Crippen molar-refractivity contribution in [2.75, 3.05) is 26.9 Å². The van der Waals surface area contributed by atoms with E-state index in [-0.39, 0.29) is 11.3 Å². The Morgan fingerprint density at radius 1 is 0.868 bits per heavy atom. The minimum atomic E-state index is -0.772. The number of nitrogens with zero attached hydrogens (tertiary/aromatic N) is 1. The monoisotopic (exact) mass is 515 g/mol. The summed E-state index contributed by atoms with van der Waals surface area (Å²) in [5.41, 5.74) is 1.14. The molecule has 1 aliphatic heterocycles. The fourth-order valence-corrected chi connectivity index (χ4v) is 4.41. The second-order valence-corrected chi connectivity index (χ2v) is 9.05. The van der Waals surface area contributed by atoms with Crippen molar-refractivity contribution in [1.29, 1.82) is 0 Å². The Bertz CT molecular complexity index is 1270. The molecular weight excluding hydrogens is 482 g/mol. The molecule has 0 aliphatic carbocycles. The van der Waals surface area contributed by atoms with Gasteiger partial charge in [-0.1, -0.05) is 43.7 Å². The number of amides is 1. The summed E-state index contributed by atoms with van der Waals surface area (Å²) in [6.07, 6.45) is 2.52. The summed E-state index contributed by atoms with van der Waals surface area (Å²) in [6, 6.07) is 22.7. The number of unbranched alkanes of at least 4 members (excludes halogenated alkanes) is 1. The molecule has 0 bridgehead atoms. The normalized spacial score (nSPS) is 16.6. The molecule has 0 saturated carbocycles. The van der Waals surface area contributed by atoms with Gasteiger partial charge in [-0.2, -0.15) is 0 Å². The van der Waals surface area contributed by atoms with Gasteiger partial charge in [0.2, 0.25) is 0 Å². The number of rotatable bonds is 12. The molecule has 3 aromatic carbocycles. The summed E-state index contributed by atoms with van der Waals surface area (Å²) in [4.78, 5) is 27.9. The van der Waals surface area contributed by atoms with Gasteiger partial charge < -0.3 is 24.2 Å². The third kappa shape index (κ3) is 6.23. The molecule has 1 saturated heterocycles. The molecular formula is C31H33NO6. The lowest BCUT2D eigenvalue weighted by Crippen LogP contribution is -2.31. The number of aliphatic hydroxyl groups excluding tert-OH is 1. The minimum Gasteiger partial charge on any atom is -0.507 e. The van der Waals surface area contributed by atoms with E-state index < -0.39 is 17.7 Å². The summed E-state index contributed by atoms with van der Waals surface area (Å²) in [5, 5.41) is 11.3. The van der Waals surface area contributed by atoms with E-state index in [1.807, 2.05) is 48.5 Å². The first-order valence-corrected chi connectivity index (χ1v) is 12.9. The number of carbonyl (C=O) groups excluding carboxylic acids is 2. The van der Waals surface area contributed by atoms with Crippen LogP contribution in [-0.4, -0.2) is 48.6 Å². The first kappa shape index (κ1) is 26.9. The van der Waals surface area contributed by atoms with Crippen molar-refractivity contribution in [3.63, 3.8) is 0 Å². The SMILES string of the molecule is CCCCOc1ccc(/C(O)=C2\C(=O)C(=O)N(CCCOC)C2c2cccc(Oc3ccccc3)c2)cc1. The lowest BCUT2D eigenvalue weighted by atomic mass is 9.95. The maximum absolute atomic E-state index is 13.3. The number of methoxy groups -OCH3 is 1. The average molecular weight is 516 g/mol. The third-order valence-corrected chi connectivity index (χ3v) is 6.33. The van der Waals surface area contributed by atoms with Crippen LogP contribution in [0, 0.1) is 0 Å². The quantitative estimate of drug-likeness (QED) is 0.135. The molecule has 1 unspecified atom stereocenters. The lowest BCUT2D eigenvalue weighted by Gasteiger charge is -2.25. The predicted molar refractivity (Wildman–Crippen MR) is 145 cm³/mol. The molecule has 38 heavy (non-hydrogen) atoms. The van der Waals surface area contributed by atoms with Gasteiger partial charge in [-0.05, 0) is 66.9 Å². The van der Waals surface area contributed by atoms with Gasteiger partial charge in [0.15, 0.2) is 0 Å². The molecule has 1 heterocycles. The zero-order chi connectivity index (χ0) is 26.9. The molecule has 1 atom stereocenters.